The fourth-order valence-electron chi connectivity index (χ4n) is 4.87. The number of piperidine rings is 1. The van der Waals surface area contributed by atoms with Crippen molar-refractivity contribution in [3.63, 3.8) is 0 Å². The number of H-pyrrole nitrogens is 1. The van der Waals surface area contributed by atoms with E-state index >= 15 is 0 Å². The van der Waals surface area contributed by atoms with Gasteiger partial charge in [0.1, 0.15) is 11.6 Å². The zero-order chi connectivity index (χ0) is 25.4. The maximum atomic E-state index is 13.0. The van der Waals surface area contributed by atoms with Crippen molar-refractivity contribution in [3.05, 3.63) is 78.0 Å². The van der Waals surface area contributed by atoms with Gasteiger partial charge in [0.25, 0.3) is 0 Å². The van der Waals surface area contributed by atoms with Crippen LogP contribution in [0.25, 0.3) is 22.6 Å². The minimum atomic E-state index is -3.44. The molecule has 0 bridgehead atoms. The van der Waals surface area contributed by atoms with E-state index in [1.165, 1.54) is 0 Å². The standard InChI is InChI=1S/C27H27N5O4S/c1-18-5-4-7-22(29-18)26-25(20-8-9-23-24(15-20)36-17-35-23)30-27(31-26)19-10-13-32(14-11-19)37(33,34)16-21-6-2-3-12-28-21/h2-9,12,15,19H,10-11,13-14,16-17H2,1H3,(H,30,31). The van der Waals surface area contributed by atoms with Crippen LogP contribution in [0.3, 0.4) is 0 Å². The molecule has 2 aliphatic heterocycles. The Morgan fingerprint density at radius 3 is 2.62 bits per heavy atom. The van der Waals surface area contributed by atoms with E-state index in [1.54, 1.807) is 28.7 Å². The summed E-state index contributed by atoms with van der Waals surface area (Å²) in [5, 5.41) is 0. The largest absolute Gasteiger partial charge is 0.454 e. The molecule has 1 aromatic carbocycles. The monoisotopic (exact) mass is 517 g/mol. The molecule has 1 fully saturated rings. The highest BCUT2D eigenvalue weighted by atomic mass is 32.2. The van der Waals surface area contributed by atoms with Crippen LogP contribution in [0.5, 0.6) is 11.5 Å². The molecule has 5 heterocycles. The predicted molar refractivity (Wildman–Crippen MR) is 139 cm³/mol. The van der Waals surface area contributed by atoms with Gasteiger partial charge in [0.2, 0.25) is 16.8 Å². The number of nitrogens with zero attached hydrogens (tertiary/aromatic N) is 4. The lowest BCUT2D eigenvalue weighted by Crippen LogP contribution is -2.38. The number of aromatic nitrogens is 4. The molecule has 37 heavy (non-hydrogen) atoms. The van der Waals surface area contributed by atoms with Crippen LogP contribution in [-0.4, -0.2) is 52.5 Å². The Hall–Kier alpha value is -3.76. The van der Waals surface area contributed by atoms with Crippen LogP contribution in [0.15, 0.2) is 60.8 Å². The zero-order valence-electron chi connectivity index (χ0n) is 20.4. The number of ether oxygens (including phenoxy) is 2. The first-order valence-corrected chi connectivity index (χ1v) is 13.9. The second-order valence-corrected chi connectivity index (χ2v) is 11.3. The molecule has 0 atom stereocenters. The van der Waals surface area contributed by atoms with Gasteiger partial charge in [0.15, 0.2) is 11.5 Å². The normalized spacial score (nSPS) is 16.2. The SMILES string of the molecule is Cc1cccc(-c2[nH]c(C3CCN(S(=O)(=O)Cc4ccccn4)CC3)nc2-c2ccc3c(c2)OCO3)n1. The molecule has 190 valence electrons. The number of imidazole rings is 1. The molecule has 0 aliphatic carbocycles. The van der Waals surface area contributed by atoms with Crippen LogP contribution in [0, 0.1) is 6.92 Å². The highest BCUT2D eigenvalue weighted by Crippen LogP contribution is 2.39. The average Bonchev–Trinajstić information content (AvgIpc) is 3.56. The maximum Gasteiger partial charge on any atom is 0.231 e. The lowest BCUT2D eigenvalue weighted by Gasteiger charge is -2.30. The van der Waals surface area contributed by atoms with Crippen molar-refractivity contribution >= 4 is 10.0 Å². The van der Waals surface area contributed by atoms with E-state index in [0.717, 1.165) is 34.2 Å². The Morgan fingerprint density at radius 1 is 1.00 bits per heavy atom. The number of rotatable bonds is 6. The van der Waals surface area contributed by atoms with E-state index in [0.29, 0.717) is 43.1 Å². The maximum absolute atomic E-state index is 13.0. The van der Waals surface area contributed by atoms with E-state index in [-0.39, 0.29) is 18.5 Å². The first-order chi connectivity index (χ1) is 18.0. The molecule has 9 nitrogen and oxygen atoms in total. The lowest BCUT2D eigenvalue weighted by atomic mass is 9.97. The van der Waals surface area contributed by atoms with E-state index in [1.807, 2.05) is 43.3 Å². The van der Waals surface area contributed by atoms with Gasteiger partial charge in [0, 0.05) is 36.5 Å². The van der Waals surface area contributed by atoms with E-state index in [4.69, 9.17) is 19.4 Å². The van der Waals surface area contributed by atoms with Gasteiger partial charge in [-0.2, -0.15) is 0 Å². The first kappa shape index (κ1) is 23.6. The summed E-state index contributed by atoms with van der Waals surface area (Å²) in [4.78, 5) is 17.5. The van der Waals surface area contributed by atoms with E-state index < -0.39 is 10.0 Å². The summed E-state index contributed by atoms with van der Waals surface area (Å²) in [6.45, 7) is 3.05. The third-order valence-corrected chi connectivity index (χ3v) is 8.62. The molecular weight excluding hydrogens is 490 g/mol. The number of pyridine rings is 2. The fraction of sp³-hybridized carbons (Fsp3) is 0.296. The van der Waals surface area contributed by atoms with Crippen LogP contribution < -0.4 is 9.47 Å². The van der Waals surface area contributed by atoms with Crippen molar-refractivity contribution in [1.29, 1.82) is 0 Å². The molecule has 2 aliphatic rings. The predicted octanol–water partition coefficient (Wildman–Crippen LogP) is 4.28. The van der Waals surface area contributed by atoms with Gasteiger partial charge in [-0.25, -0.2) is 17.7 Å². The van der Waals surface area contributed by atoms with Gasteiger partial charge in [0.05, 0.1) is 22.8 Å². The molecule has 3 aromatic heterocycles. The molecule has 1 N–H and O–H groups in total. The van der Waals surface area contributed by atoms with Gasteiger partial charge in [-0.3, -0.25) is 9.97 Å². The second kappa shape index (κ2) is 9.60. The van der Waals surface area contributed by atoms with Crippen molar-refractivity contribution in [2.75, 3.05) is 19.9 Å². The molecular formula is C27H27N5O4S. The number of hydrogen-bond acceptors (Lipinski definition) is 7. The smallest absolute Gasteiger partial charge is 0.231 e. The van der Waals surface area contributed by atoms with E-state index in [2.05, 4.69) is 9.97 Å². The Bertz CT molecular complexity index is 1530. The number of hydrogen-bond donors (Lipinski definition) is 1. The minimum absolute atomic E-state index is 0.0866. The summed E-state index contributed by atoms with van der Waals surface area (Å²) in [6, 6.07) is 17.0. The molecule has 6 rings (SSSR count). The van der Waals surface area contributed by atoms with Gasteiger partial charge in [-0.1, -0.05) is 12.1 Å². The minimum Gasteiger partial charge on any atom is -0.454 e. The lowest BCUT2D eigenvalue weighted by molar-refractivity contribution is 0.174. The molecule has 0 unspecified atom stereocenters. The van der Waals surface area contributed by atoms with Crippen molar-refractivity contribution in [2.45, 2.75) is 31.4 Å². The van der Waals surface area contributed by atoms with Gasteiger partial charge in [-0.05, 0) is 62.2 Å². The molecule has 10 heteroatoms. The Balaban J connectivity index is 1.27. The first-order valence-electron chi connectivity index (χ1n) is 12.3. The molecule has 1 saturated heterocycles. The summed E-state index contributed by atoms with van der Waals surface area (Å²) in [5.74, 6) is 2.27. The molecule has 0 amide bonds. The van der Waals surface area contributed by atoms with Crippen LogP contribution >= 0.6 is 0 Å². The fourth-order valence-corrected chi connectivity index (χ4v) is 6.37. The second-order valence-electron chi connectivity index (χ2n) is 9.33. The summed E-state index contributed by atoms with van der Waals surface area (Å²) in [6.07, 6.45) is 2.97. The number of fused-ring (bicyclic) bond motifs is 1. The number of aromatic amines is 1. The summed E-state index contributed by atoms with van der Waals surface area (Å²) in [5.41, 5.74) is 4.80. The number of aryl methyl sites for hydroxylation is 1. The van der Waals surface area contributed by atoms with Crippen LogP contribution in [0.4, 0.5) is 0 Å². The van der Waals surface area contributed by atoms with Gasteiger partial charge >= 0.3 is 0 Å². The Labute approximate surface area is 215 Å². The Morgan fingerprint density at radius 2 is 1.84 bits per heavy atom. The molecule has 0 spiro atoms. The Kier molecular flexibility index (Phi) is 6.13. The zero-order valence-corrected chi connectivity index (χ0v) is 21.2. The molecule has 4 aromatic rings. The number of benzene rings is 1. The summed E-state index contributed by atoms with van der Waals surface area (Å²) in [7, 11) is -3.44. The summed E-state index contributed by atoms with van der Waals surface area (Å²) >= 11 is 0. The molecule has 0 radical (unpaired) electrons. The van der Waals surface area contributed by atoms with Gasteiger partial charge < -0.3 is 14.5 Å². The quantitative estimate of drug-likeness (QED) is 0.406. The van der Waals surface area contributed by atoms with Crippen LogP contribution in [0.2, 0.25) is 0 Å². The number of nitrogens with one attached hydrogen (secondary N) is 1. The van der Waals surface area contributed by atoms with Crippen LogP contribution in [-0.2, 0) is 15.8 Å². The topological polar surface area (TPSA) is 110 Å². The van der Waals surface area contributed by atoms with Crippen molar-refractivity contribution in [1.82, 2.24) is 24.2 Å². The highest BCUT2D eigenvalue weighted by molar-refractivity contribution is 7.88. The highest BCUT2D eigenvalue weighted by Gasteiger charge is 2.31. The summed E-state index contributed by atoms with van der Waals surface area (Å²) < 4.78 is 38.6. The number of sulfonamides is 1. The van der Waals surface area contributed by atoms with Crippen molar-refractivity contribution in [2.24, 2.45) is 0 Å². The average molecular weight is 518 g/mol. The third-order valence-electron chi connectivity index (χ3n) is 6.80. The van der Waals surface area contributed by atoms with E-state index in [9.17, 15) is 8.42 Å². The molecule has 0 saturated carbocycles. The van der Waals surface area contributed by atoms with Crippen molar-refractivity contribution in [3.8, 4) is 34.1 Å². The van der Waals surface area contributed by atoms with Crippen molar-refractivity contribution < 1.29 is 17.9 Å². The van der Waals surface area contributed by atoms with Gasteiger partial charge in [-0.15, -0.1) is 0 Å². The van der Waals surface area contributed by atoms with Crippen LogP contribution in [0.1, 0.15) is 36.0 Å². The third kappa shape index (κ3) is 4.82.